The number of carbonyl (C=O) groups is 1. The molecule has 2 rings (SSSR count). The van der Waals surface area contributed by atoms with Gasteiger partial charge in [-0.2, -0.15) is 0 Å². The summed E-state index contributed by atoms with van der Waals surface area (Å²) in [5.41, 5.74) is 1.55. The van der Waals surface area contributed by atoms with Crippen LogP contribution < -0.4 is 5.32 Å². The number of anilines is 1. The van der Waals surface area contributed by atoms with E-state index in [0.717, 1.165) is 11.4 Å². The molecule has 0 aliphatic carbocycles. The molecule has 1 aliphatic rings. The molecule has 5 heteroatoms. The van der Waals surface area contributed by atoms with Gasteiger partial charge >= 0.3 is 6.09 Å². The highest BCUT2D eigenvalue weighted by atomic mass is 16.6. The molecule has 0 saturated carbocycles. The predicted molar refractivity (Wildman–Crippen MR) is 74.2 cm³/mol. The first kappa shape index (κ1) is 13.6. The first-order valence-electron chi connectivity index (χ1n) is 6.50. The molecule has 1 saturated heterocycles. The van der Waals surface area contributed by atoms with E-state index < -0.39 is 5.60 Å². The number of aromatic nitrogens is 1. The van der Waals surface area contributed by atoms with Crippen LogP contribution >= 0.6 is 0 Å². The van der Waals surface area contributed by atoms with Crippen molar-refractivity contribution in [2.24, 2.45) is 0 Å². The number of nitrogens with zero attached hydrogens (tertiary/aromatic N) is 2. The molecule has 5 nitrogen and oxygen atoms in total. The van der Waals surface area contributed by atoms with Crippen molar-refractivity contribution in [1.82, 2.24) is 9.88 Å². The van der Waals surface area contributed by atoms with Gasteiger partial charge < -0.3 is 15.0 Å². The lowest BCUT2D eigenvalue weighted by Crippen LogP contribution is -2.57. The molecular formula is C14H21N3O2. The second-order valence-electron chi connectivity index (χ2n) is 5.91. The highest BCUT2D eigenvalue weighted by Crippen LogP contribution is 2.18. The summed E-state index contributed by atoms with van der Waals surface area (Å²) < 4.78 is 5.30. The normalized spacial score (nSPS) is 15.9. The van der Waals surface area contributed by atoms with Crippen LogP contribution in [0.3, 0.4) is 0 Å². The maximum absolute atomic E-state index is 11.7. The van der Waals surface area contributed by atoms with Gasteiger partial charge in [-0.05, 0) is 39.8 Å². The molecule has 0 radical (unpaired) electrons. The summed E-state index contributed by atoms with van der Waals surface area (Å²) in [4.78, 5) is 17.7. The Hall–Kier alpha value is -1.78. The molecule has 1 amide bonds. The smallest absolute Gasteiger partial charge is 0.410 e. The molecule has 0 atom stereocenters. The number of hydrogen-bond donors (Lipinski definition) is 1. The number of amides is 1. The fourth-order valence-electron chi connectivity index (χ4n) is 1.83. The third-order valence-electron chi connectivity index (χ3n) is 2.82. The van der Waals surface area contributed by atoms with Gasteiger partial charge in [0.05, 0.1) is 17.9 Å². The van der Waals surface area contributed by atoms with Gasteiger partial charge in [0.1, 0.15) is 5.60 Å². The molecule has 1 N–H and O–H groups in total. The Kier molecular flexibility index (Phi) is 3.64. The lowest BCUT2D eigenvalue weighted by molar-refractivity contribution is 0.0105. The Labute approximate surface area is 114 Å². The van der Waals surface area contributed by atoms with Crippen LogP contribution in [0.25, 0.3) is 0 Å². The van der Waals surface area contributed by atoms with E-state index in [2.05, 4.69) is 10.3 Å². The zero-order valence-electron chi connectivity index (χ0n) is 11.9. The number of likely N-dealkylation sites (tertiary alicyclic amines) is 1. The number of pyridine rings is 1. The minimum Gasteiger partial charge on any atom is -0.444 e. The molecule has 104 valence electrons. The van der Waals surface area contributed by atoms with Crippen LogP contribution in [0.1, 0.15) is 26.5 Å². The van der Waals surface area contributed by atoms with Gasteiger partial charge in [0.15, 0.2) is 0 Å². The molecule has 1 aliphatic heterocycles. The van der Waals surface area contributed by atoms with Crippen molar-refractivity contribution < 1.29 is 9.53 Å². The van der Waals surface area contributed by atoms with Gasteiger partial charge in [-0.1, -0.05) is 0 Å². The maximum Gasteiger partial charge on any atom is 0.410 e. The molecule has 0 unspecified atom stereocenters. The van der Waals surface area contributed by atoms with Crippen molar-refractivity contribution in [2.75, 3.05) is 18.4 Å². The Morgan fingerprint density at radius 1 is 1.42 bits per heavy atom. The minimum absolute atomic E-state index is 0.243. The van der Waals surface area contributed by atoms with E-state index in [0.29, 0.717) is 13.1 Å². The minimum atomic E-state index is -0.434. The molecule has 0 spiro atoms. The van der Waals surface area contributed by atoms with E-state index in [9.17, 15) is 4.79 Å². The van der Waals surface area contributed by atoms with Crippen LogP contribution in [-0.4, -0.2) is 40.7 Å². The van der Waals surface area contributed by atoms with E-state index in [1.807, 2.05) is 46.0 Å². The number of rotatable bonds is 2. The number of nitrogens with one attached hydrogen (secondary N) is 1. The average molecular weight is 263 g/mol. The summed E-state index contributed by atoms with van der Waals surface area (Å²) in [6.07, 6.45) is 1.57. The third kappa shape index (κ3) is 3.84. The first-order chi connectivity index (χ1) is 8.83. The van der Waals surface area contributed by atoms with Gasteiger partial charge in [0.2, 0.25) is 0 Å². The fourth-order valence-corrected chi connectivity index (χ4v) is 1.83. The Morgan fingerprint density at radius 2 is 2.11 bits per heavy atom. The number of hydrogen-bond acceptors (Lipinski definition) is 4. The fraction of sp³-hybridized carbons (Fsp3) is 0.571. The highest BCUT2D eigenvalue weighted by Gasteiger charge is 2.33. The summed E-state index contributed by atoms with van der Waals surface area (Å²) >= 11 is 0. The van der Waals surface area contributed by atoms with Gasteiger partial charge in [0.25, 0.3) is 0 Å². The van der Waals surface area contributed by atoms with Crippen molar-refractivity contribution in [2.45, 2.75) is 39.3 Å². The SMILES string of the molecule is Cc1ccc(NC2CN(C(=O)OC(C)(C)C)C2)cn1. The Bertz CT molecular complexity index is 445. The van der Waals surface area contributed by atoms with Crippen LogP contribution in [0.2, 0.25) is 0 Å². The topological polar surface area (TPSA) is 54.5 Å². The summed E-state index contributed by atoms with van der Waals surface area (Å²) in [6.45, 7) is 8.91. The Balaban J connectivity index is 1.77. The van der Waals surface area contributed by atoms with Gasteiger partial charge in [-0.15, -0.1) is 0 Å². The van der Waals surface area contributed by atoms with Crippen LogP contribution in [0.4, 0.5) is 10.5 Å². The number of carbonyl (C=O) groups excluding carboxylic acids is 1. The maximum atomic E-state index is 11.7. The summed E-state index contributed by atoms with van der Waals surface area (Å²) in [6, 6.07) is 4.24. The number of aryl methyl sites for hydroxylation is 1. The first-order valence-corrected chi connectivity index (χ1v) is 6.50. The van der Waals surface area contributed by atoms with Crippen LogP contribution in [0.5, 0.6) is 0 Å². The molecule has 2 heterocycles. The van der Waals surface area contributed by atoms with E-state index >= 15 is 0 Å². The van der Waals surface area contributed by atoms with Crippen LogP contribution in [0.15, 0.2) is 18.3 Å². The molecular weight excluding hydrogens is 242 g/mol. The van der Waals surface area contributed by atoms with E-state index in [4.69, 9.17) is 4.74 Å². The Morgan fingerprint density at radius 3 is 2.63 bits per heavy atom. The molecule has 19 heavy (non-hydrogen) atoms. The predicted octanol–water partition coefficient (Wildman–Crippen LogP) is 2.42. The second kappa shape index (κ2) is 5.07. The van der Waals surface area contributed by atoms with E-state index in [1.165, 1.54) is 0 Å². The van der Waals surface area contributed by atoms with Crippen molar-refractivity contribution >= 4 is 11.8 Å². The average Bonchev–Trinajstić information content (AvgIpc) is 2.22. The highest BCUT2D eigenvalue weighted by molar-refractivity contribution is 5.69. The monoisotopic (exact) mass is 263 g/mol. The lowest BCUT2D eigenvalue weighted by atomic mass is 10.1. The molecule has 1 aromatic heterocycles. The molecule has 0 aromatic carbocycles. The lowest BCUT2D eigenvalue weighted by Gasteiger charge is -2.40. The third-order valence-corrected chi connectivity index (χ3v) is 2.82. The van der Waals surface area contributed by atoms with Crippen LogP contribution in [0, 0.1) is 6.92 Å². The van der Waals surface area contributed by atoms with Crippen molar-refractivity contribution in [3.05, 3.63) is 24.0 Å². The largest absolute Gasteiger partial charge is 0.444 e. The van der Waals surface area contributed by atoms with Gasteiger partial charge in [-0.3, -0.25) is 4.98 Å². The second-order valence-corrected chi connectivity index (χ2v) is 5.91. The molecule has 1 aromatic rings. The van der Waals surface area contributed by atoms with E-state index in [1.54, 1.807) is 4.90 Å². The van der Waals surface area contributed by atoms with Gasteiger partial charge in [0, 0.05) is 18.8 Å². The quantitative estimate of drug-likeness (QED) is 0.890. The molecule has 1 fully saturated rings. The van der Waals surface area contributed by atoms with Crippen molar-refractivity contribution in [3.8, 4) is 0 Å². The zero-order valence-corrected chi connectivity index (χ0v) is 11.9. The standard InChI is InChI=1S/C14H21N3O2/c1-10-5-6-11(7-15-10)16-12-8-17(9-12)13(18)19-14(2,3)4/h5-7,12,16H,8-9H2,1-4H3. The van der Waals surface area contributed by atoms with Crippen LogP contribution in [-0.2, 0) is 4.74 Å². The summed E-state index contributed by atoms with van der Waals surface area (Å²) in [7, 11) is 0. The van der Waals surface area contributed by atoms with E-state index in [-0.39, 0.29) is 12.1 Å². The molecule has 0 bridgehead atoms. The van der Waals surface area contributed by atoms with Crippen molar-refractivity contribution in [1.29, 1.82) is 0 Å². The summed E-state index contributed by atoms with van der Waals surface area (Å²) in [5, 5.41) is 3.34. The summed E-state index contributed by atoms with van der Waals surface area (Å²) in [5.74, 6) is 0. The van der Waals surface area contributed by atoms with Gasteiger partial charge in [-0.25, -0.2) is 4.79 Å². The zero-order chi connectivity index (χ0) is 14.0. The van der Waals surface area contributed by atoms with Crippen molar-refractivity contribution in [3.63, 3.8) is 0 Å². The number of ether oxygens (including phenoxy) is 1.